The van der Waals surface area contributed by atoms with Gasteiger partial charge < -0.3 is 98.4 Å². The van der Waals surface area contributed by atoms with Crippen LogP contribution >= 0.6 is 0 Å². The third kappa shape index (κ3) is 10.5. The van der Waals surface area contributed by atoms with E-state index in [0.717, 1.165) is 12.7 Å². The van der Waals surface area contributed by atoms with E-state index in [1.165, 1.54) is 26.8 Å². The van der Waals surface area contributed by atoms with Gasteiger partial charge in [0.1, 0.15) is 61.0 Å². The molecule has 8 rings (SSSR count). The first-order valence-corrected chi connectivity index (χ1v) is 28.8. The quantitative estimate of drug-likeness (QED) is 0.0369. The molecule has 0 unspecified atom stereocenters. The monoisotopic (exact) mass is 1170 g/mol. The number of ether oxygens (including phenoxy) is 10. The van der Waals surface area contributed by atoms with Gasteiger partial charge in [0.25, 0.3) is 0 Å². The third-order valence-corrected chi connectivity index (χ3v) is 21.5. The number of aliphatic hydroxyl groups excluding tert-OH is 10. The van der Waals surface area contributed by atoms with E-state index in [4.69, 9.17) is 47.4 Å². The SMILES string of the molecule is C/C=C(/C)C(=O)O[C@@H]1[C@@H](O)[C@H](O[C@H]2[C@H](OC(C)=O)[C@]3(CO)[C@H](O)C[C@]4(C)C(=CC[C@@H]5[C@@]6(C)CC[C@H](O[C@@H]7O[C@H](C(=O)OC)[C@@H](O)[C@H](O)[C@H]7O[C@@H]7O[C@H](CO)[C@@H](O)[C@H](O)[C@H]7O)[C@](C)(CO)[C@@H]6CC[C@]54C)[C@@H]3CC2(C)C)O[C@H](C)[C@@H]1OC(C)=O. The molecular weight excluding hydrogens is 1080 g/mol. The molecule has 10 N–H and O–H groups in total. The summed E-state index contributed by atoms with van der Waals surface area (Å²) in [5.41, 5.74) is -4.06. The number of carbonyl (C=O) groups excluding carboxylic acids is 4. The molecule has 0 spiro atoms. The summed E-state index contributed by atoms with van der Waals surface area (Å²) in [6.07, 6.45) is -22.6. The number of fused-ring (bicyclic) bond motifs is 7. The number of carbonyl (C=O) groups is 4. The molecular formula is C58H90O24. The van der Waals surface area contributed by atoms with Gasteiger partial charge in [-0.15, -0.1) is 0 Å². The van der Waals surface area contributed by atoms with Gasteiger partial charge >= 0.3 is 23.9 Å². The van der Waals surface area contributed by atoms with Crippen molar-refractivity contribution in [1.29, 1.82) is 0 Å². The molecule has 5 aliphatic carbocycles. The molecule has 4 saturated carbocycles. The maximum atomic E-state index is 13.4. The normalized spacial score (nSPS) is 49.1. The number of allylic oxidation sites excluding steroid dienone is 3. The minimum absolute atomic E-state index is 0.0691. The predicted octanol–water partition coefficient (Wildman–Crippen LogP) is 0.366. The van der Waals surface area contributed by atoms with Crippen molar-refractivity contribution in [3.05, 3.63) is 23.3 Å². The van der Waals surface area contributed by atoms with E-state index in [0.29, 0.717) is 38.5 Å². The van der Waals surface area contributed by atoms with Crippen molar-refractivity contribution < 1.29 is 118 Å². The van der Waals surface area contributed by atoms with Gasteiger partial charge in [-0.3, -0.25) is 9.59 Å². The lowest BCUT2D eigenvalue weighted by Crippen LogP contribution is -2.73. The van der Waals surface area contributed by atoms with E-state index in [1.54, 1.807) is 13.8 Å². The summed E-state index contributed by atoms with van der Waals surface area (Å²) in [7, 11) is 1.07. The van der Waals surface area contributed by atoms with Gasteiger partial charge in [-0.25, -0.2) is 9.59 Å². The zero-order valence-corrected chi connectivity index (χ0v) is 49.1. The van der Waals surface area contributed by atoms with E-state index in [2.05, 4.69) is 26.8 Å². The number of esters is 4. The van der Waals surface area contributed by atoms with Crippen LogP contribution in [0.4, 0.5) is 0 Å². The van der Waals surface area contributed by atoms with Crippen molar-refractivity contribution in [2.45, 2.75) is 238 Å². The Morgan fingerprint density at radius 1 is 0.671 bits per heavy atom. The van der Waals surface area contributed by atoms with Crippen LogP contribution in [0.2, 0.25) is 0 Å². The average Bonchev–Trinajstić information content (AvgIpc) is 0.811. The molecule has 27 atom stereocenters. The largest absolute Gasteiger partial charge is 0.467 e. The maximum absolute atomic E-state index is 13.4. The topological polar surface area (TPSA) is 363 Å². The van der Waals surface area contributed by atoms with Crippen LogP contribution in [0.1, 0.15) is 121 Å². The Balaban J connectivity index is 1.10. The molecule has 82 heavy (non-hydrogen) atoms. The first kappa shape index (κ1) is 64.7. The number of hydrogen-bond donors (Lipinski definition) is 10. The van der Waals surface area contributed by atoms with Crippen molar-refractivity contribution in [3.63, 3.8) is 0 Å². The molecule has 0 bridgehead atoms. The molecule has 3 aliphatic heterocycles. The Morgan fingerprint density at radius 2 is 1.33 bits per heavy atom. The van der Waals surface area contributed by atoms with Gasteiger partial charge in [0, 0.05) is 24.8 Å². The maximum Gasteiger partial charge on any atom is 0.337 e. The second-order valence-electron chi connectivity index (χ2n) is 26.3. The summed E-state index contributed by atoms with van der Waals surface area (Å²) in [6, 6.07) is 0. The third-order valence-electron chi connectivity index (χ3n) is 21.5. The summed E-state index contributed by atoms with van der Waals surface area (Å²) < 4.78 is 59.8. The van der Waals surface area contributed by atoms with Crippen LogP contribution in [0, 0.1) is 50.2 Å². The number of aliphatic hydroxyl groups is 10. The minimum atomic E-state index is -1.94. The van der Waals surface area contributed by atoms with Crippen molar-refractivity contribution >= 4 is 23.9 Å². The van der Waals surface area contributed by atoms with Gasteiger partial charge in [-0.05, 0) is 105 Å². The molecule has 7 fully saturated rings. The molecule has 466 valence electrons. The first-order chi connectivity index (χ1) is 38.3. The van der Waals surface area contributed by atoms with Crippen molar-refractivity contribution in [3.8, 4) is 0 Å². The molecule has 0 aromatic rings. The Morgan fingerprint density at radius 3 is 1.93 bits per heavy atom. The second-order valence-corrected chi connectivity index (χ2v) is 26.3. The molecule has 0 aromatic heterocycles. The summed E-state index contributed by atoms with van der Waals surface area (Å²) in [6.45, 7) is 17.7. The van der Waals surface area contributed by atoms with Crippen molar-refractivity contribution in [2.24, 2.45) is 50.2 Å². The lowest BCUT2D eigenvalue weighted by molar-refractivity contribution is -0.376. The molecule has 0 aromatic carbocycles. The summed E-state index contributed by atoms with van der Waals surface area (Å²) in [5, 5.41) is 113. The Labute approximate surface area is 478 Å². The van der Waals surface area contributed by atoms with E-state index in [1.807, 2.05) is 20.8 Å². The fourth-order valence-corrected chi connectivity index (χ4v) is 16.6. The molecule has 0 amide bonds. The fourth-order valence-electron chi connectivity index (χ4n) is 16.6. The molecule has 3 saturated heterocycles. The smallest absolute Gasteiger partial charge is 0.337 e. The summed E-state index contributed by atoms with van der Waals surface area (Å²) >= 11 is 0. The Bertz CT molecular complexity index is 2420. The van der Waals surface area contributed by atoms with Gasteiger partial charge in [0.15, 0.2) is 37.2 Å². The van der Waals surface area contributed by atoms with Gasteiger partial charge in [-0.1, -0.05) is 59.3 Å². The standard InChI is InChI=1S/C58H90O24/c1-13-25(2)48(71)79-43-41(70)51(74-26(3)42(43)75-27(4)62)82-46-47(76-28(5)63)58(24-61)30(20-53(46,6)7)29-14-15-33-54(8)18-17-35(55(9,23-60)32(54)16-19-56(33,10)57(29,11)21-34(58)64)78-52-45(39(68)38(67)44(80-52)49(72)73-12)81-50-40(69)37(66)36(65)31(22-59)77-50/h13-14,26,30-47,50-52,59-61,64-70H,15-24H2,1-12H3/b25-13-/t26-,30+,31-,32-,33-,34-,35+,36-,37+,38+,39+,40-,41-,42+,43-,44+,45-,46+,47+,50+,51+,52-,54+,55-,56-,57-,58+/m1/s1. The minimum Gasteiger partial charge on any atom is -0.467 e. The molecule has 24 heteroatoms. The van der Waals surface area contributed by atoms with E-state index in [-0.39, 0.29) is 30.4 Å². The highest BCUT2D eigenvalue weighted by molar-refractivity contribution is 5.87. The Hall–Kier alpha value is -3.28. The van der Waals surface area contributed by atoms with E-state index in [9.17, 15) is 70.2 Å². The Kier molecular flexibility index (Phi) is 18.8. The fraction of sp³-hybridized carbons (Fsp3) is 0.862. The zero-order valence-electron chi connectivity index (χ0n) is 49.1. The van der Waals surface area contributed by atoms with Gasteiger partial charge in [-0.2, -0.15) is 0 Å². The molecule has 3 heterocycles. The predicted molar refractivity (Wildman–Crippen MR) is 282 cm³/mol. The zero-order chi connectivity index (χ0) is 60.7. The first-order valence-electron chi connectivity index (χ1n) is 28.8. The van der Waals surface area contributed by atoms with Crippen molar-refractivity contribution in [2.75, 3.05) is 26.9 Å². The van der Waals surface area contributed by atoms with Crippen LogP contribution in [0.25, 0.3) is 0 Å². The highest BCUT2D eigenvalue weighted by Gasteiger charge is 2.74. The molecule has 24 nitrogen and oxygen atoms in total. The number of hydrogen-bond acceptors (Lipinski definition) is 24. The van der Waals surface area contributed by atoms with Crippen LogP contribution in [0.5, 0.6) is 0 Å². The number of methoxy groups -OCH3 is 1. The van der Waals surface area contributed by atoms with Crippen molar-refractivity contribution in [1.82, 2.24) is 0 Å². The molecule has 0 radical (unpaired) electrons. The van der Waals surface area contributed by atoms with Gasteiger partial charge in [0.05, 0.1) is 50.7 Å². The van der Waals surface area contributed by atoms with Crippen LogP contribution < -0.4 is 0 Å². The summed E-state index contributed by atoms with van der Waals surface area (Å²) in [4.78, 5) is 51.8. The van der Waals surface area contributed by atoms with E-state index < -0.39 is 192 Å². The van der Waals surface area contributed by atoms with Crippen LogP contribution in [-0.2, 0) is 66.5 Å². The van der Waals surface area contributed by atoms with Crippen LogP contribution in [-0.4, -0.2) is 218 Å². The highest BCUT2D eigenvalue weighted by Crippen LogP contribution is 2.76. The van der Waals surface area contributed by atoms with E-state index >= 15 is 0 Å². The van der Waals surface area contributed by atoms with Crippen LogP contribution in [0.15, 0.2) is 23.3 Å². The van der Waals surface area contributed by atoms with Crippen LogP contribution in [0.3, 0.4) is 0 Å². The lowest BCUT2D eigenvalue weighted by atomic mass is 9.33. The van der Waals surface area contributed by atoms with Gasteiger partial charge in [0.2, 0.25) is 0 Å². The number of rotatable bonds is 14. The highest BCUT2D eigenvalue weighted by atomic mass is 16.8. The summed E-state index contributed by atoms with van der Waals surface area (Å²) in [5.74, 6) is -4.12. The lowest BCUT2D eigenvalue weighted by Gasteiger charge is -2.73. The average molecular weight is 1170 g/mol. The molecule has 8 aliphatic rings. The second kappa shape index (κ2) is 23.8.